The van der Waals surface area contributed by atoms with Gasteiger partial charge in [-0.1, -0.05) is 12.1 Å². The normalized spacial score (nSPS) is 10.9. The van der Waals surface area contributed by atoms with Crippen molar-refractivity contribution in [3.63, 3.8) is 0 Å². The molecule has 3 aromatic rings. The predicted molar refractivity (Wildman–Crippen MR) is 123 cm³/mol. The minimum Gasteiger partial charge on any atom is -0.497 e. The van der Waals surface area contributed by atoms with Gasteiger partial charge in [-0.2, -0.15) is 0 Å². The predicted octanol–water partition coefficient (Wildman–Crippen LogP) is 2.77. The first-order chi connectivity index (χ1) is 16.2. The number of amides is 2. The maximum absolute atomic E-state index is 12.5. The minimum absolute atomic E-state index is 0.0191. The van der Waals surface area contributed by atoms with Crippen molar-refractivity contribution in [1.29, 1.82) is 0 Å². The smallest absolute Gasteiger partial charge is 0.354 e. The highest BCUT2D eigenvalue weighted by Gasteiger charge is 2.25. The van der Waals surface area contributed by atoms with Crippen LogP contribution in [-0.4, -0.2) is 49.3 Å². The molecule has 3 N–H and O–H groups in total. The molecular weight excluding hydrogens is 462 g/mol. The van der Waals surface area contributed by atoms with E-state index in [2.05, 4.69) is 15.6 Å². The van der Waals surface area contributed by atoms with Crippen LogP contribution in [0.4, 0.5) is 10.5 Å². The Kier molecular flexibility index (Phi) is 7.59. The Morgan fingerprint density at radius 3 is 2.38 bits per heavy atom. The summed E-state index contributed by atoms with van der Waals surface area (Å²) in [4.78, 5) is 38.8. The number of sulfone groups is 1. The molecule has 0 spiro atoms. The molecule has 0 saturated heterocycles. The van der Waals surface area contributed by atoms with Gasteiger partial charge in [0.1, 0.15) is 11.4 Å². The first kappa shape index (κ1) is 24.4. The second-order valence-corrected chi connectivity index (χ2v) is 8.88. The molecule has 176 valence electrons. The molecule has 1 heterocycles. The van der Waals surface area contributed by atoms with E-state index in [-0.39, 0.29) is 27.7 Å². The lowest BCUT2D eigenvalue weighted by Gasteiger charge is -2.08. The van der Waals surface area contributed by atoms with Crippen LogP contribution in [-0.2, 0) is 16.3 Å². The number of carbonyl (C=O) groups excluding carboxylic acids is 2. The van der Waals surface area contributed by atoms with E-state index in [0.717, 1.165) is 35.7 Å². The molecule has 0 fully saturated rings. The number of nitrogens with one attached hydrogen (secondary N) is 2. The lowest BCUT2D eigenvalue weighted by atomic mass is 10.1. The van der Waals surface area contributed by atoms with E-state index >= 15 is 0 Å². The standard InChI is InChI=1S/C23H21N3O7S/c1-33-18-4-2-3-15(13-18)11-12-24-21(27)16-5-8-19(9-6-16)34(31,32)23(30)26-17-7-10-20(22(28)29)25-14-17/h2-10,13-14H,11-12H2,1H3,(H,24,27)(H,26,30)(H,28,29). The summed E-state index contributed by atoms with van der Waals surface area (Å²) in [5.74, 6) is -0.922. The average molecular weight is 484 g/mol. The average Bonchev–Trinajstić information content (AvgIpc) is 2.84. The highest BCUT2D eigenvalue weighted by Crippen LogP contribution is 2.17. The van der Waals surface area contributed by atoms with Gasteiger partial charge in [0, 0.05) is 12.1 Å². The van der Waals surface area contributed by atoms with Gasteiger partial charge in [0.05, 0.1) is 23.9 Å². The van der Waals surface area contributed by atoms with Crippen molar-refractivity contribution < 1.29 is 32.6 Å². The molecule has 0 aliphatic heterocycles. The highest BCUT2D eigenvalue weighted by atomic mass is 32.2. The van der Waals surface area contributed by atoms with Crippen molar-refractivity contribution in [1.82, 2.24) is 10.3 Å². The van der Waals surface area contributed by atoms with Gasteiger partial charge in [0.2, 0.25) is 0 Å². The number of rotatable bonds is 8. The van der Waals surface area contributed by atoms with Crippen LogP contribution in [0, 0.1) is 0 Å². The monoisotopic (exact) mass is 483 g/mol. The van der Waals surface area contributed by atoms with Gasteiger partial charge in [-0.3, -0.25) is 9.59 Å². The maximum atomic E-state index is 12.5. The zero-order valence-corrected chi connectivity index (χ0v) is 18.8. The minimum atomic E-state index is -4.40. The third-order valence-corrected chi connectivity index (χ3v) is 6.22. The lowest BCUT2D eigenvalue weighted by molar-refractivity contribution is 0.0690. The number of ether oxygens (including phenoxy) is 1. The summed E-state index contributed by atoms with van der Waals surface area (Å²) in [5, 5.41) is 12.4. The molecule has 1 aromatic heterocycles. The van der Waals surface area contributed by atoms with Crippen molar-refractivity contribution in [3.05, 3.63) is 83.7 Å². The van der Waals surface area contributed by atoms with Crippen LogP contribution < -0.4 is 15.4 Å². The zero-order chi connectivity index (χ0) is 24.7. The number of carboxylic acid groups (broad SMARTS) is 1. The van der Waals surface area contributed by atoms with Crippen LogP contribution in [0.1, 0.15) is 26.4 Å². The summed E-state index contributed by atoms with van der Waals surface area (Å²) in [6, 6.07) is 14.8. The van der Waals surface area contributed by atoms with Crippen molar-refractivity contribution in [2.75, 3.05) is 19.0 Å². The van der Waals surface area contributed by atoms with Gasteiger partial charge in [0.25, 0.3) is 15.7 Å². The quantitative estimate of drug-likeness (QED) is 0.442. The molecule has 34 heavy (non-hydrogen) atoms. The Morgan fingerprint density at radius 1 is 1.03 bits per heavy atom. The van der Waals surface area contributed by atoms with Crippen LogP contribution in [0.2, 0.25) is 0 Å². The summed E-state index contributed by atoms with van der Waals surface area (Å²) >= 11 is 0. The number of aromatic carboxylic acids is 1. The molecule has 0 atom stereocenters. The van der Waals surface area contributed by atoms with Crippen molar-refractivity contribution in [2.24, 2.45) is 0 Å². The Bertz CT molecular complexity index is 1310. The molecule has 0 saturated carbocycles. The highest BCUT2D eigenvalue weighted by molar-refractivity contribution is 8.06. The van der Waals surface area contributed by atoms with Crippen LogP contribution in [0.3, 0.4) is 0 Å². The molecule has 10 nitrogen and oxygen atoms in total. The molecular formula is C23H21N3O7S. The molecule has 2 amide bonds. The topological polar surface area (TPSA) is 152 Å². The van der Waals surface area contributed by atoms with Crippen molar-refractivity contribution in [2.45, 2.75) is 11.3 Å². The molecule has 0 bridgehead atoms. The molecule has 0 aliphatic carbocycles. The molecule has 2 aromatic carbocycles. The van der Waals surface area contributed by atoms with Gasteiger partial charge < -0.3 is 20.5 Å². The summed E-state index contributed by atoms with van der Waals surface area (Å²) in [7, 11) is -2.83. The number of carboxylic acids is 1. The maximum Gasteiger partial charge on any atom is 0.354 e. The lowest BCUT2D eigenvalue weighted by Crippen LogP contribution is -2.26. The van der Waals surface area contributed by atoms with Gasteiger partial charge >= 0.3 is 11.2 Å². The van der Waals surface area contributed by atoms with Gasteiger partial charge in [-0.05, 0) is 60.5 Å². The fraction of sp³-hybridized carbons (Fsp3) is 0.130. The summed E-state index contributed by atoms with van der Waals surface area (Å²) in [6.45, 7) is 0.364. The molecule has 3 rings (SSSR count). The van der Waals surface area contributed by atoms with E-state index in [0.29, 0.717) is 13.0 Å². The van der Waals surface area contributed by atoms with Crippen LogP contribution >= 0.6 is 0 Å². The second kappa shape index (κ2) is 10.6. The Morgan fingerprint density at radius 2 is 1.76 bits per heavy atom. The van der Waals surface area contributed by atoms with Gasteiger partial charge in [0.15, 0.2) is 0 Å². The summed E-state index contributed by atoms with van der Waals surface area (Å²) in [5.41, 5.74) is 0.988. The fourth-order valence-corrected chi connectivity index (χ4v) is 3.88. The Balaban J connectivity index is 1.59. The molecule has 0 unspecified atom stereocenters. The van der Waals surface area contributed by atoms with E-state index in [9.17, 15) is 22.8 Å². The van der Waals surface area contributed by atoms with Gasteiger partial charge in [-0.15, -0.1) is 0 Å². The van der Waals surface area contributed by atoms with E-state index in [1.165, 1.54) is 18.2 Å². The van der Waals surface area contributed by atoms with E-state index < -0.39 is 21.0 Å². The molecule has 0 aliphatic rings. The third kappa shape index (κ3) is 5.95. The zero-order valence-electron chi connectivity index (χ0n) is 18.0. The SMILES string of the molecule is COc1cccc(CCNC(=O)c2ccc(S(=O)(=O)C(=O)Nc3ccc(C(=O)O)nc3)cc2)c1. The largest absolute Gasteiger partial charge is 0.497 e. The van der Waals surface area contributed by atoms with Crippen molar-refractivity contribution >= 4 is 32.6 Å². The number of methoxy groups -OCH3 is 1. The summed E-state index contributed by atoms with van der Waals surface area (Å²) in [6.07, 6.45) is 1.62. The first-order valence-electron chi connectivity index (χ1n) is 9.97. The van der Waals surface area contributed by atoms with E-state index in [1.54, 1.807) is 7.11 Å². The fourth-order valence-electron chi connectivity index (χ4n) is 2.92. The molecule has 11 heteroatoms. The number of anilines is 1. The van der Waals surface area contributed by atoms with Crippen molar-refractivity contribution in [3.8, 4) is 5.75 Å². The van der Waals surface area contributed by atoms with Gasteiger partial charge in [-0.25, -0.2) is 18.2 Å². The van der Waals surface area contributed by atoms with E-state index in [4.69, 9.17) is 9.84 Å². The number of carbonyl (C=O) groups is 3. The molecule has 0 radical (unpaired) electrons. The number of benzene rings is 2. The third-order valence-electron chi connectivity index (χ3n) is 4.73. The number of hydrogen-bond donors (Lipinski definition) is 3. The number of aromatic nitrogens is 1. The Hall–Kier alpha value is -4.25. The van der Waals surface area contributed by atoms with Crippen LogP contribution in [0.5, 0.6) is 5.75 Å². The van der Waals surface area contributed by atoms with Crippen LogP contribution in [0.15, 0.2) is 71.8 Å². The number of hydrogen-bond acceptors (Lipinski definition) is 7. The Labute approximate surface area is 195 Å². The number of nitrogens with zero attached hydrogens (tertiary/aromatic N) is 1. The summed E-state index contributed by atoms with van der Waals surface area (Å²) < 4.78 is 30.2. The number of pyridine rings is 1. The van der Waals surface area contributed by atoms with Crippen LogP contribution in [0.25, 0.3) is 0 Å². The second-order valence-electron chi connectivity index (χ2n) is 7.03. The van der Waals surface area contributed by atoms with E-state index in [1.807, 2.05) is 24.3 Å². The first-order valence-corrected chi connectivity index (χ1v) is 11.5.